The van der Waals surface area contributed by atoms with Gasteiger partial charge in [0, 0.05) is 51.9 Å². The summed E-state index contributed by atoms with van der Waals surface area (Å²) in [6, 6.07) is 0. The summed E-state index contributed by atoms with van der Waals surface area (Å²) in [7, 11) is 4.23. The number of hydrogen-bond acceptors (Lipinski definition) is 5. The minimum absolute atomic E-state index is 0. The third kappa shape index (κ3) is 6.68. The first-order chi connectivity index (χ1) is 14.7. The fraction of sp³-hybridized carbons (Fsp3) is 0.957. The van der Waals surface area contributed by atoms with Crippen molar-refractivity contribution in [1.29, 1.82) is 0 Å². The van der Waals surface area contributed by atoms with Crippen LogP contribution < -0.4 is 5.32 Å². The fourth-order valence-electron chi connectivity index (χ4n) is 5.91. The van der Waals surface area contributed by atoms with E-state index in [4.69, 9.17) is 9.73 Å². The Hall–Kier alpha value is -0.160. The Labute approximate surface area is 206 Å². The van der Waals surface area contributed by atoms with Gasteiger partial charge in [0.25, 0.3) is 0 Å². The molecule has 4 heterocycles. The molecule has 0 spiro atoms. The zero-order valence-corrected chi connectivity index (χ0v) is 22.2. The Morgan fingerprint density at radius 1 is 1.00 bits per heavy atom. The van der Waals surface area contributed by atoms with E-state index < -0.39 is 0 Å². The number of hydrogen-bond donors (Lipinski definition) is 1. The lowest BCUT2D eigenvalue weighted by Crippen LogP contribution is -2.62. The molecule has 1 N–H and O–H groups in total. The molecular formula is C23H45IN6O. The van der Waals surface area contributed by atoms with Gasteiger partial charge in [-0.1, -0.05) is 6.42 Å². The molecule has 180 valence electrons. The molecule has 0 aromatic heterocycles. The minimum Gasteiger partial charge on any atom is -0.379 e. The summed E-state index contributed by atoms with van der Waals surface area (Å²) in [4.78, 5) is 15.1. The standard InChI is InChI=1S/C23H44N6O.HI/c1-24-22(28-11-6-21(19-28)18-27-14-16-30-17-15-27)25-20-23(7-12-26(2)13-8-23)29-9-4-3-5-10-29;/h21H,3-20H2,1-2H3,(H,24,25);1H. The van der Waals surface area contributed by atoms with Gasteiger partial charge in [-0.2, -0.15) is 0 Å². The Morgan fingerprint density at radius 2 is 1.71 bits per heavy atom. The lowest BCUT2D eigenvalue weighted by Gasteiger charge is -2.50. The van der Waals surface area contributed by atoms with Crippen molar-refractivity contribution in [3.63, 3.8) is 0 Å². The lowest BCUT2D eigenvalue weighted by molar-refractivity contribution is 0.0169. The molecular weight excluding hydrogens is 503 g/mol. The number of rotatable bonds is 5. The van der Waals surface area contributed by atoms with Crippen molar-refractivity contribution in [3.05, 3.63) is 0 Å². The highest BCUT2D eigenvalue weighted by Gasteiger charge is 2.40. The molecule has 4 fully saturated rings. The van der Waals surface area contributed by atoms with Crippen molar-refractivity contribution < 1.29 is 4.74 Å². The summed E-state index contributed by atoms with van der Waals surface area (Å²) in [5.74, 6) is 1.87. The minimum atomic E-state index is 0. The normalized spacial score (nSPS) is 29.0. The van der Waals surface area contributed by atoms with E-state index in [0.29, 0.717) is 5.54 Å². The zero-order valence-electron chi connectivity index (χ0n) is 19.9. The summed E-state index contributed by atoms with van der Waals surface area (Å²) >= 11 is 0. The number of halogens is 1. The number of aliphatic imine (C=N–C) groups is 1. The van der Waals surface area contributed by atoms with E-state index in [2.05, 4.69) is 32.0 Å². The van der Waals surface area contributed by atoms with Gasteiger partial charge in [0.2, 0.25) is 0 Å². The summed E-state index contributed by atoms with van der Waals surface area (Å²) in [5.41, 5.74) is 0.301. The number of guanidine groups is 1. The van der Waals surface area contributed by atoms with E-state index in [9.17, 15) is 0 Å². The van der Waals surface area contributed by atoms with Crippen LogP contribution in [0.25, 0.3) is 0 Å². The molecule has 0 aromatic rings. The Morgan fingerprint density at radius 3 is 2.39 bits per heavy atom. The smallest absolute Gasteiger partial charge is 0.193 e. The molecule has 0 radical (unpaired) electrons. The van der Waals surface area contributed by atoms with E-state index in [0.717, 1.165) is 57.8 Å². The molecule has 0 aromatic carbocycles. The molecule has 4 rings (SSSR count). The van der Waals surface area contributed by atoms with Crippen LogP contribution in [0.5, 0.6) is 0 Å². The van der Waals surface area contributed by atoms with Crippen LogP contribution in [-0.4, -0.2) is 124 Å². The van der Waals surface area contributed by atoms with Gasteiger partial charge in [-0.25, -0.2) is 0 Å². The number of morpholine rings is 1. The van der Waals surface area contributed by atoms with Crippen LogP contribution in [0.15, 0.2) is 4.99 Å². The third-order valence-corrected chi connectivity index (χ3v) is 7.94. The van der Waals surface area contributed by atoms with Crippen molar-refractivity contribution in [1.82, 2.24) is 24.9 Å². The van der Waals surface area contributed by atoms with Gasteiger partial charge in [0.05, 0.1) is 13.2 Å². The van der Waals surface area contributed by atoms with Crippen LogP contribution in [0.3, 0.4) is 0 Å². The summed E-state index contributed by atoms with van der Waals surface area (Å²) < 4.78 is 5.51. The molecule has 0 aliphatic carbocycles. The van der Waals surface area contributed by atoms with Crippen LogP contribution in [0, 0.1) is 5.92 Å². The van der Waals surface area contributed by atoms with Crippen molar-refractivity contribution in [2.24, 2.45) is 10.9 Å². The van der Waals surface area contributed by atoms with Gasteiger partial charge in [-0.15, -0.1) is 24.0 Å². The highest BCUT2D eigenvalue weighted by atomic mass is 127. The predicted octanol–water partition coefficient (Wildman–Crippen LogP) is 1.78. The van der Waals surface area contributed by atoms with Crippen molar-refractivity contribution in [2.45, 2.75) is 44.1 Å². The van der Waals surface area contributed by atoms with E-state index in [1.54, 1.807) is 0 Å². The summed E-state index contributed by atoms with van der Waals surface area (Å²) in [6.07, 6.45) is 7.95. The van der Waals surface area contributed by atoms with Crippen LogP contribution >= 0.6 is 24.0 Å². The lowest BCUT2D eigenvalue weighted by atomic mass is 9.84. The number of piperidine rings is 2. The number of likely N-dealkylation sites (tertiary alicyclic amines) is 3. The van der Waals surface area contributed by atoms with Crippen molar-refractivity contribution in [2.75, 3.05) is 92.8 Å². The molecule has 31 heavy (non-hydrogen) atoms. The van der Waals surface area contributed by atoms with Gasteiger partial charge in [0.1, 0.15) is 0 Å². The molecule has 1 atom stereocenters. The van der Waals surface area contributed by atoms with Crippen molar-refractivity contribution >= 4 is 29.9 Å². The van der Waals surface area contributed by atoms with Gasteiger partial charge in [-0.3, -0.25) is 14.8 Å². The van der Waals surface area contributed by atoms with Crippen LogP contribution in [0.4, 0.5) is 0 Å². The topological polar surface area (TPSA) is 46.6 Å². The first-order valence-corrected chi connectivity index (χ1v) is 12.4. The van der Waals surface area contributed by atoms with Gasteiger partial charge >= 0.3 is 0 Å². The second-order valence-electron chi connectivity index (χ2n) is 9.99. The molecule has 7 nitrogen and oxygen atoms in total. The largest absolute Gasteiger partial charge is 0.379 e. The van der Waals surface area contributed by atoms with Crippen LogP contribution in [0.2, 0.25) is 0 Å². The Kier molecular flexibility index (Phi) is 10.1. The van der Waals surface area contributed by atoms with E-state index in [-0.39, 0.29) is 24.0 Å². The molecule has 0 amide bonds. The summed E-state index contributed by atoms with van der Waals surface area (Å²) in [5, 5.41) is 3.84. The molecule has 8 heteroatoms. The maximum Gasteiger partial charge on any atom is 0.193 e. The fourth-order valence-corrected chi connectivity index (χ4v) is 5.91. The molecule has 0 saturated carbocycles. The highest BCUT2D eigenvalue weighted by Crippen LogP contribution is 2.31. The zero-order chi connectivity index (χ0) is 20.8. The number of nitrogens with zero attached hydrogens (tertiary/aromatic N) is 5. The number of ether oxygens (including phenoxy) is 1. The van der Waals surface area contributed by atoms with Crippen LogP contribution in [0.1, 0.15) is 38.5 Å². The first-order valence-electron chi connectivity index (χ1n) is 12.4. The molecule has 0 bridgehead atoms. The van der Waals surface area contributed by atoms with E-state index >= 15 is 0 Å². The quantitative estimate of drug-likeness (QED) is 0.321. The average molecular weight is 549 g/mol. The first kappa shape index (κ1) is 25.5. The molecule has 4 saturated heterocycles. The summed E-state index contributed by atoms with van der Waals surface area (Å²) in [6.45, 7) is 13.5. The van der Waals surface area contributed by atoms with Gasteiger partial charge < -0.3 is 19.9 Å². The van der Waals surface area contributed by atoms with Gasteiger partial charge in [-0.05, 0) is 71.2 Å². The molecule has 4 aliphatic heterocycles. The second kappa shape index (κ2) is 12.3. The average Bonchev–Trinajstić information content (AvgIpc) is 3.25. The van der Waals surface area contributed by atoms with E-state index in [1.807, 2.05) is 7.05 Å². The monoisotopic (exact) mass is 548 g/mol. The van der Waals surface area contributed by atoms with Crippen molar-refractivity contribution in [3.8, 4) is 0 Å². The van der Waals surface area contributed by atoms with Crippen LogP contribution in [-0.2, 0) is 4.74 Å². The Balaban J connectivity index is 0.00000272. The van der Waals surface area contributed by atoms with Gasteiger partial charge in [0.15, 0.2) is 5.96 Å². The maximum atomic E-state index is 5.51. The Bertz CT molecular complexity index is 556. The second-order valence-corrected chi connectivity index (χ2v) is 9.99. The number of nitrogens with one attached hydrogen (secondary N) is 1. The maximum absolute atomic E-state index is 5.51. The highest BCUT2D eigenvalue weighted by molar-refractivity contribution is 14.0. The molecule has 1 unspecified atom stereocenters. The van der Waals surface area contributed by atoms with E-state index in [1.165, 1.54) is 71.2 Å². The third-order valence-electron chi connectivity index (χ3n) is 7.94. The molecule has 4 aliphatic rings. The SMILES string of the molecule is CN=C(NCC1(N2CCCCC2)CCN(C)CC1)N1CCC(CN2CCOCC2)C1.I. The predicted molar refractivity (Wildman–Crippen MR) is 139 cm³/mol.